The first kappa shape index (κ1) is 18.7. The third kappa shape index (κ3) is 3.57. The topological polar surface area (TPSA) is 79.8 Å². The Kier molecular flexibility index (Phi) is 4.76. The van der Waals surface area contributed by atoms with Crippen LogP contribution in [0.3, 0.4) is 0 Å². The fraction of sp³-hybridized carbons (Fsp3) is 0.174. The van der Waals surface area contributed by atoms with Crippen LogP contribution in [0, 0.1) is 20.8 Å². The highest BCUT2D eigenvalue weighted by Crippen LogP contribution is 2.22. The summed E-state index contributed by atoms with van der Waals surface area (Å²) in [6.07, 6.45) is 0. The van der Waals surface area contributed by atoms with Crippen LogP contribution in [-0.2, 0) is 6.54 Å². The molecule has 2 heterocycles. The van der Waals surface area contributed by atoms with Crippen molar-refractivity contribution in [3.05, 3.63) is 93.0 Å². The maximum atomic E-state index is 12.7. The van der Waals surface area contributed by atoms with Crippen LogP contribution in [0.25, 0.3) is 16.6 Å². The summed E-state index contributed by atoms with van der Waals surface area (Å²) in [4.78, 5) is 28.4. The maximum absolute atomic E-state index is 12.7. The first-order valence-electron chi connectivity index (χ1n) is 9.46. The number of rotatable bonds is 4. The lowest BCUT2D eigenvalue weighted by atomic mass is 10.1. The average molecular weight is 386 g/mol. The quantitative estimate of drug-likeness (QED) is 0.563. The zero-order valence-electron chi connectivity index (χ0n) is 16.6. The molecule has 0 radical (unpaired) electrons. The van der Waals surface area contributed by atoms with Crippen molar-refractivity contribution in [1.29, 1.82) is 0 Å². The van der Waals surface area contributed by atoms with Gasteiger partial charge in [-0.05, 0) is 56.2 Å². The molecule has 1 amide bonds. The van der Waals surface area contributed by atoms with Crippen LogP contribution in [0.15, 0.2) is 59.4 Å². The number of aryl methyl sites for hydroxylation is 3. The first-order chi connectivity index (χ1) is 13.9. The number of hydrogen-bond acceptors (Lipinski definition) is 3. The van der Waals surface area contributed by atoms with E-state index in [1.807, 2.05) is 49.4 Å². The molecule has 0 aliphatic carbocycles. The summed E-state index contributed by atoms with van der Waals surface area (Å²) in [6.45, 7) is 6.22. The van der Waals surface area contributed by atoms with Gasteiger partial charge in [0.25, 0.3) is 5.91 Å². The van der Waals surface area contributed by atoms with E-state index in [1.54, 1.807) is 11.6 Å². The van der Waals surface area contributed by atoms with E-state index in [9.17, 15) is 9.59 Å². The Morgan fingerprint density at radius 3 is 2.59 bits per heavy atom. The number of H-pyrrole nitrogens is 1. The minimum atomic E-state index is -0.484. The number of benzene rings is 2. The summed E-state index contributed by atoms with van der Waals surface area (Å²) in [5.41, 5.74) is 5.31. The van der Waals surface area contributed by atoms with Gasteiger partial charge in [-0.1, -0.05) is 24.3 Å². The smallest absolute Gasteiger partial charge is 0.276 e. The second kappa shape index (κ2) is 7.39. The Bertz CT molecular complexity index is 1270. The first-order valence-corrected chi connectivity index (χ1v) is 9.46. The highest BCUT2D eigenvalue weighted by Gasteiger charge is 2.15. The van der Waals surface area contributed by atoms with Crippen molar-refractivity contribution in [2.75, 3.05) is 0 Å². The van der Waals surface area contributed by atoms with Gasteiger partial charge in [0, 0.05) is 34.9 Å². The molecule has 0 unspecified atom stereocenters. The summed E-state index contributed by atoms with van der Waals surface area (Å²) < 4.78 is 1.61. The summed E-state index contributed by atoms with van der Waals surface area (Å²) in [6, 6.07) is 16.9. The monoisotopic (exact) mass is 386 g/mol. The molecule has 0 fully saturated rings. The molecule has 2 N–H and O–H groups in total. The molecular formula is C23H22N4O2. The second-order valence-electron chi connectivity index (χ2n) is 7.18. The fourth-order valence-corrected chi connectivity index (χ4v) is 3.42. The van der Waals surface area contributed by atoms with E-state index in [0.717, 1.165) is 27.8 Å². The van der Waals surface area contributed by atoms with E-state index in [2.05, 4.69) is 28.4 Å². The molecule has 0 atom stereocenters. The normalized spacial score (nSPS) is 11.0. The van der Waals surface area contributed by atoms with Gasteiger partial charge in [-0.25, -0.2) is 4.68 Å². The van der Waals surface area contributed by atoms with Gasteiger partial charge < -0.3 is 10.3 Å². The Morgan fingerprint density at radius 2 is 1.83 bits per heavy atom. The van der Waals surface area contributed by atoms with Gasteiger partial charge in [-0.15, -0.1) is 0 Å². The molecule has 6 nitrogen and oxygen atoms in total. The van der Waals surface area contributed by atoms with Crippen LogP contribution < -0.4 is 10.7 Å². The number of carbonyl (C=O) groups excluding carboxylic acids is 1. The summed E-state index contributed by atoms with van der Waals surface area (Å²) in [5, 5.41) is 8.26. The predicted octanol–water partition coefficient (Wildman–Crippen LogP) is 3.57. The van der Waals surface area contributed by atoms with Gasteiger partial charge in [0.15, 0.2) is 5.69 Å². The zero-order valence-corrected chi connectivity index (χ0v) is 16.6. The van der Waals surface area contributed by atoms with E-state index < -0.39 is 5.91 Å². The van der Waals surface area contributed by atoms with Gasteiger partial charge in [0.05, 0.1) is 5.69 Å². The van der Waals surface area contributed by atoms with Crippen molar-refractivity contribution in [1.82, 2.24) is 20.1 Å². The Hall–Kier alpha value is -3.67. The van der Waals surface area contributed by atoms with Crippen LogP contribution >= 0.6 is 0 Å². The Morgan fingerprint density at radius 1 is 1.07 bits per heavy atom. The number of fused-ring (bicyclic) bond motifs is 1. The van der Waals surface area contributed by atoms with Gasteiger partial charge in [0.2, 0.25) is 5.43 Å². The van der Waals surface area contributed by atoms with Crippen molar-refractivity contribution in [2.45, 2.75) is 27.3 Å². The molecule has 0 bridgehead atoms. The minimum Gasteiger partial charge on any atom is -0.358 e. The van der Waals surface area contributed by atoms with E-state index >= 15 is 0 Å². The lowest BCUT2D eigenvalue weighted by Gasteiger charge is -2.11. The van der Waals surface area contributed by atoms with E-state index in [1.165, 1.54) is 11.6 Å². The van der Waals surface area contributed by atoms with Crippen molar-refractivity contribution in [3.8, 4) is 5.69 Å². The molecule has 0 saturated carbocycles. The van der Waals surface area contributed by atoms with Crippen LogP contribution in [-0.4, -0.2) is 20.7 Å². The lowest BCUT2D eigenvalue weighted by molar-refractivity contribution is 0.0943. The third-order valence-corrected chi connectivity index (χ3v) is 5.15. The SMILES string of the molecule is Cc1[nH]c2ccc(CNC(=O)c3nn(-c4ccccc4)c(C)cc3=O)cc2c1C. The van der Waals surface area contributed by atoms with Crippen molar-refractivity contribution >= 4 is 16.8 Å². The predicted molar refractivity (Wildman–Crippen MR) is 114 cm³/mol. The highest BCUT2D eigenvalue weighted by molar-refractivity contribution is 5.92. The molecule has 29 heavy (non-hydrogen) atoms. The van der Waals surface area contributed by atoms with Crippen molar-refractivity contribution < 1.29 is 4.79 Å². The minimum absolute atomic E-state index is 0.116. The Balaban J connectivity index is 1.59. The summed E-state index contributed by atoms with van der Waals surface area (Å²) in [7, 11) is 0. The molecule has 0 aliphatic heterocycles. The largest absolute Gasteiger partial charge is 0.358 e. The molecule has 4 rings (SSSR count). The molecule has 2 aromatic heterocycles. The van der Waals surface area contributed by atoms with Crippen LogP contribution in [0.4, 0.5) is 0 Å². The van der Waals surface area contributed by atoms with E-state index in [-0.39, 0.29) is 11.1 Å². The maximum Gasteiger partial charge on any atom is 0.276 e. The van der Waals surface area contributed by atoms with E-state index in [0.29, 0.717) is 12.2 Å². The number of para-hydroxylation sites is 1. The van der Waals surface area contributed by atoms with Crippen LogP contribution in [0.2, 0.25) is 0 Å². The number of amides is 1. The molecule has 2 aromatic carbocycles. The Labute approximate surface area is 168 Å². The molecule has 4 aromatic rings. The molecule has 0 saturated heterocycles. The molecule has 146 valence electrons. The molecule has 6 heteroatoms. The van der Waals surface area contributed by atoms with Gasteiger partial charge in [-0.3, -0.25) is 9.59 Å². The summed E-state index contributed by atoms with van der Waals surface area (Å²) in [5.74, 6) is -0.484. The van der Waals surface area contributed by atoms with Crippen LogP contribution in [0.1, 0.15) is 33.0 Å². The van der Waals surface area contributed by atoms with Crippen LogP contribution in [0.5, 0.6) is 0 Å². The number of nitrogens with zero attached hydrogens (tertiary/aromatic N) is 2. The second-order valence-corrected chi connectivity index (χ2v) is 7.18. The molecule has 0 spiro atoms. The number of nitrogens with one attached hydrogen (secondary N) is 2. The van der Waals surface area contributed by atoms with Gasteiger partial charge in [-0.2, -0.15) is 5.10 Å². The number of carbonyl (C=O) groups is 1. The molecule has 0 aliphatic rings. The highest BCUT2D eigenvalue weighted by atomic mass is 16.2. The number of aromatic amines is 1. The van der Waals surface area contributed by atoms with Gasteiger partial charge >= 0.3 is 0 Å². The zero-order chi connectivity index (χ0) is 20.5. The molecular weight excluding hydrogens is 364 g/mol. The summed E-state index contributed by atoms with van der Waals surface area (Å²) >= 11 is 0. The fourth-order valence-electron chi connectivity index (χ4n) is 3.42. The average Bonchev–Trinajstić information content (AvgIpc) is 3.00. The van der Waals surface area contributed by atoms with Gasteiger partial charge in [0.1, 0.15) is 0 Å². The number of hydrogen-bond donors (Lipinski definition) is 2. The van der Waals surface area contributed by atoms with Crippen molar-refractivity contribution in [3.63, 3.8) is 0 Å². The standard InChI is InChI=1S/C23H22N4O2/c1-14-11-21(28)22(26-27(14)18-7-5-4-6-8-18)23(29)24-13-17-9-10-20-19(12-17)15(2)16(3)25-20/h4-12,25H,13H2,1-3H3,(H,24,29). The number of aromatic nitrogens is 3. The van der Waals surface area contributed by atoms with Crippen molar-refractivity contribution in [2.24, 2.45) is 0 Å². The third-order valence-electron chi connectivity index (χ3n) is 5.15. The van der Waals surface area contributed by atoms with E-state index in [4.69, 9.17) is 0 Å². The lowest BCUT2D eigenvalue weighted by Crippen LogP contribution is -2.31.